The van der Waals surface area contributed by atoms with Gasteiger partial charge in [0.15, 0.2) is 5.78 Å². The number of carbonyl (C=O) groups is 1. The fourth-order valence-corrected chi connectivity index (χ4v) is 8.23. The van der Waals surface area contributed by atoms with Crippen molar-refractivity contribution in [2.24, 2.45) is 0 Å². The van der Waals surface area contributed by atoms with Gasteiger partial charge in [-0.15, -0.1) is 0 Å². The second-order valence-electron chi connectivity index (χ2n) is 13.2. The quantitative estimate of drug-likeness (QED) is 0.204. The molecular formula is C43H32O. The zero-order valence-corrected chi connectivity index (χ0v) is 25.0. The van der Waals surface area contributed by atoms with Gasteiger partial charge in [-0.25, -0.2) is 0 Å². The lowest BCUT2D eigenvalue weighted by molar-refractivity contribution is 0.0954. The largest absolute Gasteiger partial charge is 0.293 e. The second-order valence-corrected chi connectivity index (χ2v) is 13.2. The third kappa shape index (κ3) is 3.56. The molecule has 0 heterocycles. The van der Waals surface area contributed by atoms with E-state index in [1.807, 2.05) is 12.1 Å². The van der Waals surface area contributed by atoms with Gasteiger partial charge in [0.25, 0.3) is 0 Å². The molecule has 1 atom stereocenters. The van der Waals surface area contributed by atoms with E-state index in [9.17, 15) is 4.79 Å². The lowest BCUT2D eigenvalue weighted by atomic mass is 9.73. The minimum Gasteiger partial charge on any atom is -0.293 e. The molecule has 0 saturated carbocycles. The maximum absolute atomic E-state index is 14.1. The van der Waals surface area contributed by atoms with Gasteiger partial charge in [-0.1, -0.05) is 117 Å². The Kier molecular flexibility index (Phi) is 5.35. The normalized spacial score (nSPS) is 16.7. The van der Waals surface area contributed by atoms with Gasteiger partial charge >= 0.3 is 0 Å². The first kappa shape index (κ1) is 25.5. The molecule has 0 bridgehead atoms. The van der Waals surface area contributed by atoms with Gasteiger partial charge in [0, 0.05) is 16.9 Å². The SMILES string of the molecule is CC1(C)c2ccccc2-c2cc3c(cc21)CCC1C(=O)c2ccccc2-c2cc(-c4cccc(-c5ccccc5)c4)cc-3c21. The van der Waals surface area contributed by atoms with Gasteiger partial charge in [-0.3, -0.25) is 4.79 Å². The summed E-state index contributed by atoms with van der Waals surface area (Å²) in [5, 5.41) is 0. The molecule has 0 N–H and O–H groups in total. The number of rotatable bonds is 2. The van der Waals surface area contributed by atoms with Crippen molar-refractivity contribution in [3.05, 3.63) is 155 Å². The van der Waals surface area contributed by atoms with Crippen LogP contribution in [0.2, 0.25) is 0 Å². The van der Waals surface area contributed by atoms with Crippen molar-refractivity contribution >= 4 is 5.78 Å². The monoisotopic (exact) mass is 564 g/mol. The maximum Gasteiger partial charge on any atom is 0.170 e. The molecule has 210 valence electrons. The highest BCUT2D eigenvalue weighted by atomic mass is 16.1. The number of ketones is 1. The summed E-state index contributed by atoms with van der Waals surface area (Å²) in [7, 11) is 0. The second kappa shape index (κ2) is 9.24. The van der Waals surface area contributed by atoms with Crippen LogP contribution in [-0.4, -0.2) is 5.78 Å². The Morgan fingerprint density at radius 1 is 0.500 bits per heavy atom. The lowest BCUT2D eigenvalue weighted by Crippen LogP contribution is -2.20. The summed E-state index contributed by atoms with van der Waals surface area (Å²) in [4.78, 5) is 14.1. The first-order chi connectivity index (χ1) is 21.5. The van der Waals surface area contributed by atoms with E-state index in [4.69, 9.17) is 0 Å². The van der Waals surface area contributed by atoms with Crippen LogP contribution in [0.4, 0.5) is 0 Å². The molecule has 0 spiro atoms. The molecule has 1 unspecified atom stereocenters. The zero-order valence-electron chi connectivity index (χ0n) is 25.0. The third-order valence-corrected chi connectivity index (χ3v) is 10.4. The van der Waals surface area contributed by atoms with Gasteiger partial charge in [0.05, 0.1) is 0 Å². The molecule has 6 aromatic rings. The van der Waals surface area contributed by atoms with E-state index in [1.165, 1.54) is 72.3 Å². The highest BCUT2D eigenvalue weighted by Crippen LogP contribution is 2.54. The number of carbonyl (C=O) groups excluding carboxylic acids is 1. The van der Waals surface area contributed by atoms with Crippen LogP contribution in [0.15, 0.2) is 127 Å². The van der Waals surface area contributed by atoms with Crippen LogP contribution in [0.25, 0.3) is 55.6 Å². The summed E-state index contributed by atoms with van der Waals surface area (Å²) in [5.41, 5.74) is 18.4. The molecule has 0 aliphatic heterocycles. The number of fused-ring (bicyclic) bond motifs is 7. The van der Waals surface area contributed by atoms with E-state index in [1.54, 1.807) is 0 Å². The number of hydrogen-bond donors (Lipinski definition) is 0. The average Bonchev–Trinajstić information content (AvgIpc) is 3.18. The van der Waals surface area contributed by atoms with E-state index in [0.29, 0.717) is 0 Å². The van der Waals surface area contributed by atoms with E-state index in [2.05, 4.69) is 129 Å². The number of aryl methyl sites for hydroxylation is 1. The third-order valence-electron chi connectivity index (χ3n) is 10.4. The maximum atomic E-state index is 14.1. The number of Topliss-reactive ketones (excluding diaryl/α,β-unsaturated/α-hetero) is 1. The van der Waals surface area contributed by atoms with Gasteiger partial charge in [0.2, 0.25) is 0 Å². The Labute approximate surface area is 258 Å². The lowest BCUT2D eigenvalue weighted by Gasteiger charge is -2.28. The zero-order chi connectivity index (χ0) is 29.6. The summed E-state index contributed by atoms with van der Waals surface area (Å²) in [5.74, 6) is 0.126. The van der Waals surface area contributed by atoms with Crippen molar-refractivity contribution in [1.82, 2.24) is 0 Å². The van der Waals surface area contributed by atoms with Crippen molar-refractivity contribution in [2.45, 2.75) is 38.0 Å². The van der Waals surface area contributed by atoms with Crippen LogP contribution in [0.5, 0.6) is 0 Å². The van der Waals surface area contributed by atoms with Crippen molar-refractivity contribution in [3.8, 4) is 55.6 Å². The Morgan fingerprint density at radius 2 is 1.14 bits per heavy atom. The fourth-order valence-electron chi connectivity index (χ4n) is 8.23. The van der Waals surface area contributed by atoms with E-state index in [0.717, 1.165) is 24.0 Å². The van der Waals surface area contributed by atoms with Gasteiger partial charge in [-0.2, -0.15) is 0 Å². The van der Waals surface area contributed by atoms with Crippen molar-refractivity contribution < 1.29 is 4.79 Å². The minimum atomic E-state index is -0.137. The molecule has 0 amide bonds. The summed E-state index contributed by atoms with van der Waals surface area (Å²) in [6.45, 7) is 4.70. The first-order valence-corrected chi connectivity index (χ1v) is 15.7. The molecule has 3 aliphatic rings. The molecule has 0 saturated heterocycles. The number of benzene rings is 6. The van der Waals surface area contributed by atoms with Crippen LogP contribution < -0.4 is 0 Å². The Hall–Kier alpha value is -5.01. The van der Waals surface area contributed by atoms with Crippen LogP contribution in [0, 0.1) is 0 Å². The summed E-state index contributed by atoms with van der Waals surface area (Å²) in [6.07, 6.45) is 1.72. The smallest absolute Gasteiger partial charge is 0.170 e. The summed E-state index contributed by atoms with van der Waals surface area (Å²) in [6, 6.07) is 46.2. The predicted molar refractivity (Wildman–Crippen MR) is 181 cm³/mol. The van der Waals surface area contributed by atoms with E-state index < -0.39 is 0 Å². The van der Waals surface area contributed by atoms with Crippen LogP contribution in [0.1, 0.15) is 58.8 Å². The molecule has 6 aromatic carbocycles. The fraction of sp³-hybridized carbons (Fsp3) is 0.140. The highest BCUT2D eigenvalue weighted by molar-refractivity contribution is 6.12. The summed E-state index contributed by atoms with van der Waals surface area (Å²) < 4.78 is 0. The molecule has 44 heavy (non-hydrogen) atoms. The number of hydrogen-bond acceptors (Lipinski definition) is 1. The van der Waals surface area contributed by atoms with Crippen molar-refractivity contribution in [1.29, 1.82) is 0 Å². The van der Waals surface area contributed by atoms with Crippen LogP contribution in [0.3, 0.4) is 0 Å². The Morgan fingerprint density at radius 3 is 1.93 bits per heavy atom. The van der Waals surface area contributed by atoms with Crippen molar-refractivity contribution in [2.75, 3.05) is 0 Å². The Balaban J connectivity index is 1.33. The van der Waals surface area contributed by atoms with Crippen LogP contribution >= 0.6 is 0 Å². The molecule has 1 heteroatoms. The molecule has 1 nitrogen and oxygen atoms in total. The summed E-state index contributed by atoms with van der Waals surface area (Å²) >= 11 is 0. The van der Waals surface area contributed by atoms with Crippen molar-refractivity contribution in [3.63, 3.8) is 0 Å². The Bertz CT molecular complexity index is 2160. The van der Waals surface area contributed by atoms with Gasteiger partial charge < -0.3 is 0 Å². The van der Waals surface area contributed by atoms with Crippen LogP contribution in [-0.2, 0) is 11.8 Å². The molecule has 0 aromatic heterocycles. The molecular weight excluding hydrogens is 532 g/mol. The average molecular weight is 565 g/mol. The topological polar surface area (TPSA) is 17.1 Å². The molecule has 0 radical (unpaired) electrons. The molecule has 0 fully saturated rings. The predicted octanol–water partition coefficient (Wildman–Crippen LogP) is 10.9. The molecule has 3 aliphatic carbocycles. The van der Waals surface area contributed by atoms with E-state index >= 15 is 0 Å². The minimum absolute atomic E-state index is 0.0552. The van der Waals surface area contributed by atoms with E-state index in [-0.39, 0.29) is 17.1 Å². The highest BCUT2D eigenvalue weighted by Gasteiger charge is 2.40. The van der Waals surface area contributed by atoms with Gasteiger partial charge in [-0.05, 0) is 115 Å². The first-order valence-electron chi connectivity index (χ1n) is 15.7. The standard InChI is InChI=1S/C43H32O/c1-43(2)39-18-9-8-16-32(39)36-25-35-29(24-40(36)43)19-20-34-41-37(31-15-6-7-17-33(31)42(34)44)22-30(23-38(35)41)28-14-10-13-27(21-28)26-11-4-3-5-12-26/h3-18,21-25,34H,19-20H2,1-2H3. The molecule has 9 rings (SSSR count). The van der Waals surface area contributed by atoms with Gasteiger partial charge in [0.1, 0.15) is 0 Å².